The van der Waals surface area contributed by atoms with Crippen molar-refractivity contribution in [1.82, 2.24) is 0 Å². The molecule has 1 rings (SSSR count). The van der Waals surface area contributed by atoms with E-state index in [2.05, 4.69) is 6.58 Å². The Morgan fingerprint density at radius 2 is 1.35 bits per heavy atom. The molecule has 0 aliphatic heterocycles. The Labute approximate surface area is 102 Å². The molecule has 0 spiro atoms. The van der Waals surface area contributed by atoms with Crippen molar-refractivity contribution in [2.24, 2.45) is 11.8 Å². The molecule has 1 fully saturated rings. The fourth-order valence-corrected chi connectivity index (χ4v) is 2.67. The van der Waals surface area contributed by atoms with Gasteiger partial charge in [0.2, 0.25) is 0 Å². The van der Waals surface area contributed by atoms with Crippen LogP contribution in [0.15, 0.2) is 12.2 Å². The molecule has 0 aromatic carbocycles. The van der Waals surface area contributed by atoms with Crippen LogP contribution in [0.5, 0.6) is 0 Å². The molecule has 0 bridgehead atoms. The third-order valence-corrected chi connectivity index (χ3v) is 3.87. The van der Waals surface area contributed by atoms with Crippen molar-refractivity contribution in [3.63, 3.8) is 0 Å². The van der Waals surface area contributed by atoms with Gasteiger partial charge in [-0.1, -0.05) is 37.8 Å². The first-order valence-electron chi connectivity index (χ1n) is 6.63. The van der Waals surface area contributed by atoms with Gasteiger partial charge < -0.3 is 0 Å². The first kappa shape index (κ1) is 14.6. The van der Waals surface area contributed by atoms with E-state index in [1.54, 1.807) is 0 Å². The van der Waals surface area contributed by atoms with E-state index >= 15 is 0 Å². The van der Waals surface area contributed by atoms with Gasteiger partial charge in [0.25, 0.3) is 0 Å². The third kappa shape index (κ3) is 5.13. The summed E-state index contributed by atoms with van der Waals surface area (Å²) in [7, 11) is 0. The molecule has 17 heavy (non-hydrogen) atoms. The van der Waals surface area contributed by atoms with Crippen molar-refractivity contribution in [2.75, 3.05) is 0 Å². The van der Waals surface area contributed by atoms with Gasteiger partial charge in [0, 0.05) is 0 Å². The van der Waals surface area contributed by atoms with E-state index in [0.717, 1.165) is 25.7 Å². The lowest BCUT2D eigenvalue weighted by Crippen LogP contribution is -2.23. The molecule has 1 saturated carbocycles. The fraction of sp³-hybridized carbons (Fsp3) is 0.857. The van der Waals surface area contributed by atoms with Crippen LogP contribution in [-0.2, 0) is 0 Å². The van der Waals surface area contributed by atoms with Crippen molar-refractivity contribution >= 4 is 0 Å². The highest BCUT2D eigenvalue weighted by Gasteiger charge is 2.38. The molecule has 0 radical (unpaired) electrons. The minimum Gasteiger partial charge on any atom is -0.171 e. The van der Waals surface area contributed by atoms with Gasteiger partial charge in [-0.05, 0) is 38.5 Å². The number of alkyl halides is 3. The highest BCUT2D eigenvalue weighted by molar-refractivity contribution is 4.96. The first-order valence-corrected chi connectivity index (χ1v) is 6.63. The van der Waals surface area contributed by atoms with E-state index in [4.69, 9.17) is 0 Å². The minimum absolute atomic E-state index is 0.312. The number of hydrogen-bond acceptors (Lipinski definition) is 0. The topological polar surface area (TPSA) is 0 Å². The molecular formula is C14H23F3. The van der Waals surface area contributed by atoms with Gasteiger partial charge in [-0.3, -0.25) is 0 Å². The quantitative estimate of drug-likeness (QED) is 0.538. The molecule has 0 atom stereocenters. The van der Waals surface area contributed by atoms with Crippen LogP contribution in [0, 0.1) is 11.8 Å². The lowest BCUT2D eigenvalue weighted by molar-refractivity contribution is -0.179. The Kier molecular flexibility index (Phi) is 5.54. The smallest absolute Gasteiger partial charge is 0.171 e. The van der Waals surface area contributed by atoms with Crippen molar-refractivity contribution < 1.29 is 13.2 Å². The predicted octanol–water partition coefficient (Wildman–Crippen LogP) is 5.49. The molecule has 0 amide bonds. The number of hydrogen-bond donors (Lipinski definition) is 0. The highest BCUT2D eigenvalue weighted by Crippen LogP contribution is 2.36. The second-order valence-corrected chi connectivity index (χ2v) is 5.35. The molecule has 0 aromatic rings. The molecule has 0 aromatic heterocycles. The molecular weight excluding hydrogens is 225 g/mol. The van der Waals surface area contributed by atoms with Crippen LogP contribution in [0.3, 0.4) is 0 Å². The molecule has 1 aliphatic rings. The maximum Gasteiger partial charge on any atom is 0.391 e. The largest absolute Gasteiger partial charge is 0.391 e. The normalized spacial score (nSPS) is 28.7. The fourth-order valence-electron chi connectivity index (χ4n) is 2.67. The number of rotatable bonds is 1. The van der Waals surface area contributed by atoms with Gasteiger partial charge in [0.15, 0.2) is 0 Å². The van der Waals surface area contributed by atoms with Crippen molar-refractivity contribution in [1.29, 1.82) is 0 Å². The Balaban J connectivity index is 2.48. The molecule has 3 heteroatoms. The molecule has 100 valence electrons. The lowest BCUT2D eigenvalue weighted by atomic mass is 9.85. The van der Waals surface area contributed by atoms with Gasteiger partial charge in [0.1, 0.15) is 0 Å². The van der Waals surface area contributed by atoms with Gasteiger partial charge in [0.05, 0.1) is 5.92 Å². The van der Waals surface area contributed by atoms with Crippen LogP contribution in [0.2, 0.25) is 0 Å². The number of allylic oxidation sites excluding steroid dienone is 1. The van der Waals surface area contributed by atoms with Crippen molar-refractivity contribution in [2.45, 2.75) is 64.5 Å². The van der Waals surface area contributed by atoms with Crippen LogP contribution in [0.1, 0.15) is 58.3 Å². The summed E-state index contributed by atoms with van der Waals surface area (Å²) in [6.07, 6.45) is 1.88. The predicted molar refractivity (Wildman–Crippen MR) is 64.8 cm³/mol. The summed E-state index contributed by atoms with van der Waals surface area (Å²) >= 11 is 0. The molecule has 0 N–H and O–H groups in total. The summed E-state index contributed by atoms with van der Waals surface area (Å²) in [6.45, 7) is 6.02. The second kappa shape index (κ2) is 6.46. The zero-order valence-corrected chi connectivity index (χ0v) is 10.7. The van der Waals surface area contributed by atoms with E-state index in [9.17, 15) is 13.2 Å². The average molecular weight is 248 g/mol. The summed E-state index contributed by atoms with van der Waals surface area (Å²) in [6, 6.07) is 0. The Hall–Kier alpha value is -0.470. The zero-order chi connectivity index (χ0) is 12.9. The number of halogens is 3. The Bertz CT molecular complexity index is 230. The standard InChI is InChI=1S/C14H23F3/c1-11(2)12-7-3-5-9-13(14(15,16)17)10-6-4-8-12/h12-13H,1,3-10H2,2H3. The average Bonchev–Trinajstić information content (AvgIpc) is 2.23. The summed E-state index contributed by atoms with van der Waals surface area (Å²) in [5, 5.41) is 0. The highest BCUT2D eigenvalue weighted by atomic mass is 19.4. The van der Waals surface area contributed by atoms with Gasteiger partial charge >= 0.3 is 6.18 Å². The maximum absolute atomic E-state index is 12.7. The monoisotopic (exact) mass is 248 g/mol. The zero-order valence-electron chi connectivity index (χ0n) is 10.7. The Morgan fingerprint density at radius 3 is 1.71 bits per heavy atom. The van der Waals surface area contributed by atoms with Crippen LogP contribution in [0.4, 0.5) is 13.2 Å². The van der Waals surface area contributed by atoms with Crippen molar-refractivity contribution in [3.8, 4) is 0 Å². The minimum atomic E-state index is -3.99. The summed E-state index contributed by atoms with van der Waals surface area (Å²) in [5.74, 6) is -0.540. The van der Waals surface area contributed by atoms with E-state index < -0.39 is 12.1 Å². The Morgan fingerprint density at radius 1 is 0.941 bits per heavy atom. The molecule has 1 aliphatic carbocycles. The third-order valence-electron chi connectivity index (χ3n) is 3.87. The van der Waals surface area contributed by atoms with Crippen molar-refractivity contribution in [3.05, 3.63) is 12.2 Å². The van der Waals surface area contributed by atoms with Crippen LogP contribution in [0.25, 0.3) is 0 Å². The van der Waals surface area contributed by atoms with Gasteiger partial charge in [-0.15, -0.1) is 0 Å². The molecule has 0 unspecified atom stereocenters. The van der Waals surface area contributed by atoms with E-state index in [0.29, 0.717) is 31.6 Å². The SMILES string of the molecule is C=C(C)C1CCCCC(C(F)(F)F)CCCC1. The van der Waals surface area contributed by atoms with Gasteiger partial charge in [-0.2, -0.15) is 13.2 Å². The van der Waals surface area contributed by atoms with E-state index in [1.165, 1.54) is 5.57 Å². The maximum atomic E-state index is 12.7. The van der Waals surface area contributed by atoms with E-state index in [1.807, 2.05) is 6.92 Å². The first-order chi connectivity index (χ1) is 7.91. The molecule has 0 saturated heterocycles. The van der Waals surface area contributed by atoms with E-state index in [-0.39, 0.29) is 0 Å². The van der Waals surface area contributed by atoms with Crippen LogP contribution >= 0.6 is 0 Å². The summed E-state index contributed by atoms with van der Waals surface area (Å²) < 4.78 is 38.0. The lowest BCUT2D eigenvalue weighted by Gasteiger charge is -2.24. The molecule has 0 nitrogen and oxygen atoms in total. The summed E-state index contributed by atoms with van der Waals surface area (Å²) in [4.78, 5) is 0. The van der Waals surface area contributed by atoms with Gasteiger partial charge in [-0.25, -0.2) is 0 Å². The second-order valence-electron chi connectivity index (χ2n) is 5.35. The molecule has 0 heterocycles. The summed E-state index contributed by atoms with van der Waals surface area (Å²) in [5.41, 5.74) is 1.19. The van der Waals surface area contributed by atoms with Crippen LogP contribution < -0.4 is 0 Å². The van der Waals surface area contributed by atoms with Crippen LogP contribution in [-0.4, -0.2) is 6.18 Å².